The first-order valence-corrected chi connectivity index (χ1v) is 20.6. The lowest BCUT2D eigenvalue weighted by molar-refractivity contribution is -0.161. The minimum atomic E-state index is -4.39. The van der Waals surface area contributed by atoms with E-state index in [1.165, 1.54) is 44.9 Å². The minimum Gasteiger partial charge on any atom is -0.462 e. The first-order valence-electron chi connectivity index (χ1n) is 19.1. The zero-order valence-corrected chi connectivity index (χ0v) is 32.0. The van der Waals surface area contributed by atoms with Gasteiger partial charge in [0.2, 0.25) is 0 Å². The van der Waals surface area contributed by atoms with E-state index in [1.54, 1.807) is 12.2 Å². The van der Waals surface area contributed by atoms with Gasteiger partial charge in [-0.2, -0.15) is 0 Å². The van der Waals surface area contributed by atoms with Crippen LogP contribution in [-0.2, 0) is 37.5 Å². The van der Waals surface area contributed by atoms with Gasteiger partial charge in [-0.15, -0.1) is 0 Å². The van der Waals surface area contributed by atoms with E-state index in [4.69, 9.17) is 24.3 Å². The summed E-state index contributed by atoms with van der Waals surface area (Å²) in [6.07, 6.45) is 34.2. The number of rotatable bonds is 35. The fourth-order valence-corrected chi connectivity index (χ4v) is 5.58. The highest BCUT2D eigenvalue weighted by molar-refractivity contribution is 7.47. The molecule has 50 heavy (non-hydrogen) atoms. The topological polar surface area (TPSA) is 151 Å². The van der Waals surface area contributed by atoms with E-state index in [9.17, 15) is 23.8 Å². The van der Waals surface area contributed by atoms with E-state index in [2.05, 4.69) is 26.0 Å². The number of ether oxygens (including phenoxy) is 2. The fraction of sp³-hybridized carbons (Fsp3) is 0.718. The Morgan fingerprint density at radius 2 is 1.22 bits per heavy atom. The minimum absolute atomic E-state index is 0.0363. The predicted molar refractivity (Wildman–Crippen MR) is 201 cm³/mol. The fourth-order valence-electron chi connectivity index (χ4n) is 4.82. The molecule has 1 unspecified atom stereocenters. The molecule has 2 atom stereocenters. The number of esters is 2. The molecule has 0 aliphatic heterocycles. The average Bonchev–Trinajstić information content (AvgIpc) is 3.09. The quantitative estimate of drug-likeness (QED) is 0.0161. The molecule has 3 N–H and O–H groups in total. The van der Waals surface area contributed by atoms with Crippen LogP contribution >= 0.6 is 7.82 Å². The average molecular weight is 726 g/mol. The lowest BCUT2D eigenvalue weighted by Crippen LogP contribution is -2.29. The molecule has 0 aliphatic carbocycles. The number of carbonyl (C=O) groups excluding carboxylic acids is 3. The number of phosphoric ester groups is 1. The third-order valence-corrected chi connectivity index (χ3v) is 8.68. The SMILES string of the molecule is CCCCCCCCCCCCCC(=O)O[C@H](COC(=O)CCC/C=C\C/C=C\C/C=C\C=C\C(=O)CCCCC)COP(=O)(O)OCCN. The van der Waals surface area contributed by atoms with Crippen LogP contribution in [0.1, 0.15) is 149 Å². The van der Waals surface area contributed by atoms with Crippen LogP contribution < -0.4 is 5.73 Å². The number of hydrogen-bond donors (Lipinski definition) is 2. The van der Waals surface area contributed by atoms with Crippen molar-refractivity contribution in [2.45, 2.75) is 155 Å². The first kappa shape index (κ1) is 47.6. The molecule has 0 fully saturated rings. The summed E-state index contributed by atoms with van der Waals surface area (Å²) in [4.78, 5) is 46.3. The molecule has 0 radical (unpaired) electrons. The van der Waals surface area contributed by atoms with Crippen molar-refractivity contribution in [1.29, 1.82) is 0 Å². The van der Waals surface area contributed by atoms with Gasteiger partial charge in [0.05, 0.1) is 13.2 Å². The molecule has 0 amide bonds. The largest absolute Gasteiger partial charge is 0.472 e. The Kier molecular flexibility index (Phi) is 33.4. The van der Waals surface area contributed by atoms with Crippen LogP contribution in [0.15, 0.2) is 48.6 Å². The van der Waals surface area contributed by atoms with Crippen LogP contribution in [0.4, 0.5) is 0 Å². The third-order valence-electron chi connectivity index (χ3n) is 7.69. The smallest absolute Gasteiger partial charge is 0.462 e. The maximum Gasteiger partial charge on any atom is 0.472 e. The molecule has 0 aliphatic rings. The Morgan fingerprint density at radius 3 is 1.88 bits per heavy atom. The van der Waals surface area contributed by atoms with E-state index < -0.39 is 32.5 Å². The van der Waals surface area contributed by atoms with Gasteiger partial charge >= 0.3 is 19.8 Å². The van der Waals surface area contributed by atoms with Crippen LogP contribution in [0.2, 0.25) is 0 Å². The monoisotopic (exact) mass is 725 g/mol. The number of allylic oxidation sites excluding steroid dienone is 8. The molecule has 0 spiro atoms. The zero-order valence-electron chi connectivity index (χ0n) is 31.1. The summed E-state index contributed by atoms with van der Waals surface area (Å²) in [5.74, 6) is -0.764. The maximum absolute atomic E-state index is 12.5. The number of unbranched alkanes of at least 4 members (excludes halogenated alkanes) is 13. The number of phosphoric acid groups is 1. The molecule has 0 saturated carbocycles. The van der Waals surface area contributed by atoms with Gasteiger partial charge < -0.3 is 20.1 Å². The summed E-state index contributed by atoms with van der Waals surface area (Å²) in [5.41, 5.74) is 5.32. The second kappa shape index (κ2) is 35.1. The summed E-state index contributed by atoms with van der Waals surface area (Å²) in [5, 5.41) is 0. The molecule has 0 rings (SSSR count). The van der Waals surface area contributed by atoms with E-state index in [-0.39, 0.29) is 38.4 Å². The summed E-state index contributed by atoms with van der Waals surface area (Å²) in [6, 6.07) is 0. The lowest BCUT2D eigenvalue weighted by Gasteiger charge is -2.19. The third kappa shape index (κ3) is 34.1. The van der Waals surface area contributed by atoms with Crippen LogP contribution in [0.25, 0.3) is 0 Å². The number of carbonyl (C=O) groups is 3. The van der Waals surface area contributed by atoms with Crippen molar-refractivity contribution in [1.82, 2.24) is 0 Å². The Labute approximate surface area is 302 Å². The number of hydrogen-bond acceptors (Lipinski definition) is 9. The van der Waals surface area contributed by atoms with Gasteiger partial charge in [-0.05, 0) is 44.6 Å². The van der Waals surface area contributed by atoms with E-state index in [0.29, 0.717) is 25.7 Å². The molecule has 10 nitrogen and oxygen atoms in total. The van der Waals surface area contributed by atoms with Gasteiger partial charge in [0.25, 0.3) is 0 Å². The second-order valence-electron chi connectivity index (χ2n) is 12.5. The van der Waals surface area contributed by atoms with E-state index in [0.717, 1.165) is 51.4 Å². The standard InChI is InChI=1S/C39H68NO9P/c1-3-5-7-8-9-10-12-17-20-23-27-31-39(43)49-37(35-48-50(44,45)47-33-32-40)34-46-38(42)30-26-22-19-16-14-11-13-15-18-21-25-29-36(41)28-24-6-4-2/h11,13,16,18-19,21,25,29,37H,3-10,12,14-15,17,20,22-24,26-28,30-35,40H2,1-2H3,(H,44,45)/b13-11-,19-16-,21-18-,29-25+/t37-/m1/s1. The van der Waals surface area contributed by atoms with Crippen molar-refractivity contribution in [2.24, 2.45) is 5.73 Å². The Bertz CT molecular complexity index is 1030. The van der Waals surface area contributed by atoms with Gasteiger partial charge in [-0.1, -0.05) is 133 Å². The predicted octanol–water partition coefficient (Wildman–Crippen LogP) is 9.56. The molecule has 0 saturated heterocycles. The summed E-state index contributed by atoms with van der Waals surface area (Å²) in [6.45, 7) is 3.45. The Hall–Kier alpha value is -2.36. The van der Waals surface area contributed by atoms with Crippen LogP contribution in [-0.4, -0.2) is 55.1 Å². The van der Waals surface area contributed by atoms with Crippen LogP contribution in [0, 0.1) is 0 Å². The Balaban J connectivity index is 4.36. The van der Waals surface area contributed by atoms with E-state index in [1.807, 2.05) is 24.3 Å². The molecule has 0 heterocycles. The lowest BCUT2D eigenvalue weighted by atomic mass is 10.1. The van der Waals surface area contributed by atoms with Crippen LogP contribution in [0.3, 0.4) is 0 Å². The summed E-state index contributed by atoms with van der Waals surface area (Å²) >= 11 is 0. The van der Waals surface area contributed by atoms with Crippen molar-refractivity contribution in [3.05, 3.63) is 48.6 Å². The maximum atomic E-state index is 12.5. The summed E-state index contributed by atoms with van der Waals surface area (Å²) in [7, 11) is -4.39. The van der Waals surface area contributed by atoms with Crippen molar-refractivity contribution in [3.8, 4) is 0 Å². The van der Waals surface area contributed by atoms with Crippen molar-refractivity contribution >= 4 is 25.5 Å². The highest BCUT2D eigenvalue weighted by Gasteiger charge is 2.25. The first-order chi connectivity index (χ1) is 24.2. The van der Waals surface area contributed by atoms with E-state index >= 15 is 0 Å². The molecular weight excluding hydrogens is 657 g/mol. The molecule has 0 aromatic carbocycles. The van der Waals surface area contributed by atoms with Gasteiger partial charge in [0, 0.05) is 25.8 Å². The van der Waals surface area contributed by atoms with Crippen molar-refractivity contribution < 1.29 is 42.4 Å². The van der Waals surface area contributed by atoms with Crippen molar-refractivity contribution in [3.63, 3.8) is 0 Å². The van der Waals surface area contributed by atoms with Crippen LogP contribution in [0.5, 0.6) is 0 Å². The number of ketones is 1. The van der Waals surface area contributed by atoms with Gasteiger partial charge in [-0.25, -0.2) is 4.57 Å². The highest BCUT2D eigenvalue weighted by Crippen LogP contribution is 2.43. The Morgan fingerprint density at radius 1 is 0.660 bits per heavy atom. The second-order valence-corrected chi connectivity index (χ2v) is 13.9. The number of nitrogens with two attached hydrogens (primary N) is 1. The molecule has 0 bridgehead atoms. The molecule has 0 aromatic rings. The highest BCUT2D eigenvalue weighted by atomic mass is 31.2. The zero-order chi connectivity index (χ0) is 37.0. The van der Waals surface area contributed by atoms with Gasteiger partial charge in [0.1, 0.15) is 6.61 Å². The molecule has 288 valence electrons. The molecule has 11 heteroatoms. The summed E-state index contributed by atoms with van der Waals surface area (Å²) < 4.78 is 32.5. The van der Waals surface area contributed by atoms with Crippen molar-refractivity contribution in [2.75, 3.05) is 26.4 Å². The molecular formula is C39H68NO9P. The van der Waals surface area contributed by atoms with Gasteiger partial charge in [0.15, 0.2) is 11.9 Å². The van der Waals surface area contributed by atoms with Gasteiger partial charge in [-0.3, -0.25) is 23.4 Å². The molecule has 0 aromatic heterocycles. The normalized spacial score (nSPS) is 13.8.